The van der Waals surface area contributed by atoms with Crippen LogP contribution in [0.5, 0.6) is 0 Å². The van der Waals surface area contributed by atoms with Crippen LogP contribution in [0.1, 0.15) is 5.56 Å². The molecule has 114 valence electrons. The van der Waals surface area contributed by atoms with Crippen LogP contribution < -0.4 is 9.46 Å². The monoisotopic (exact) mass is 333 g/mol. The van der Waals surface area contributed by atoms with E-state index >= 15 is 0 Å². The molecule has 1 aromatic heterocycles. The summed E-state index contributed by atoms with van der Waals surface area (Å²) in [4.78, 5) is 29.3. The Morgan fingerprint density at radius 3 is 2.05 bits per heavy atom. The Bertz CT molecular complexity index is 540. The van der Waals surface area contributed by atoms with E-state index in [1.807, 2.05) is 0 Å². The maximum Gasteiger partial charge on any atom is 0.416 e. The molecule has 0 saturated carbocycles. The fourth-order valence-corrected chi connectivity index (χ4v) is 4.53. The largest absolute Gasteiger partial charge is 0.778 e. The van der Waals surface area contributed by atoms with E-state index in [0.717, 1.165) is 23.6 Å². The van der Waals surface area contributed by atoms with E-state index in [1.165, 1.54) is 0 Å². The molecule has 0 fully saturated rings. The predicted molar refractivity (Wildman–Crippen MR) is 61.0 cm³/mol. The Morgan fingerprint density at radius 2 is 1.75 bits per heavy atom. The lowest BCUT2D eigenvalue weighted by atomic mass is 10.2. The second-order valence-electron chi connectivity index (χ2n) is 4.27. The number of pyridine rings is 1. The first-order chi connectivity index (χ1) is 8.82. The van der Waals surface area contributed by atoms with Crippen molar-refractivity contribution in [2.75, 3.05) is 6.66 Å². The summed E-state index contributed by atoms with van der Waals surface area (Å²) in [6.45, 7) is 0.128. The van der Waals surface area contributed by atoms with Crippen LogP contribution in [0.2, 0.25) is 0 Å². The third-order valence-corrected chi connectivity index (χ3v) is 6.87. The van der Waals surface area contributed by atoms with Gasteiger partial charge in [-0.1, -0.05) is 0 Å². The summed E-state index contributed by atoms with van der Waals surface area (Å²) < 4.78 is 60.5. The lowest BCUT2D eigenvalue weighted by Crippen LogP contribution is -2.40. The van der Waals surface area contributed by atoms with Crippen LogP contribution in [0.15, 0.2) is 24.5 Å². The maximum absolute atomic E-state index is 12.3. The summed E-state index contributed by atoms with van der Waals surface area (Å²) in [5, 5.41) is -1.98. The zero-order valence-corrected chi connectivity index (χ0v) is 12.0. The third kappa shape index (κ3) is 4.68. The summed E-state index contributed by atoms with van der Waals surface area (Å²) in [6.07, 6.45) is -2.71. The van der Waals surface area contributed by atoms with Gasteiger partial charge in [0.25, 0.3) is 0 Å². The zero-order valence-electron chi connectivity index (χ0n) is 10.2. The van der Waals surface area contributed by atoms with Gasteiger partial charge in [0, 0.05) is 18.8 Å². The van der Waals surface area contributed by atoms with Crippen molar-refractivity contribution < 1.29 is 41.5 Å². The molecule has 1 rings (SSSR count). The molecule has 20 heavy (non-hydrogen) atoms. The highest BCUT2D eigenvalue weighted by Crippen LogP contribution is 2.57. The molecule has 11 heteroatoms. The van der Waals surface area contributed by atoms with E-state index in [9.17, 15) is 32.1 Å². The molecule has 0 spiro atoms. The number of aromatic nitrogens is 1. The van der Waals surface area contributed by atoms with Crippen LogP contribution in [-0.2, 0) is 21.9 Å². The average Bonchev–Trinajstić information content (AvgIpc) is 2.22. The Balaban J connectivity index is 3.03. The molecular weight excluding hydrogens is 321 g/mol. The van der Waals surface area contributed by atoms with Gasteiger partial charge in [0.15, 0.2) is 31.9 Å². The van der Waals surface area contributed by atoms with Crippen molar-refractivity contribution in [2.45, 2.75) is 18.1 Å². The second kappa shape index (κ2) is 5.58. The molecule has 1 heterocycles. The van der Waals surface area contributed by atoms with Crippen molar-refractivity contribution in [2.24, 2.45) is 0 Å². The van der Waals surface area contributed by atoms with E-state index in [2.05, 4.69) is 0 Å². The van der Waals surface area contributed by atoms with E-state index in [1.54, 1.807) is 0 Å². The van der Waals surface area contributed by atoms with Crippen LogP contribution in [0.4, 0.5) is 13.2 Å². The van der Waals surface area contributed by atoms with E-state index in [0.29, 0.717) is 12.1 Å². The van der Waals surface area contributed by atoms with E-state index in [4.69, 9.17) is 4.89 Å². The fraction of sp³-hybridized carbons (Fsp3) is 0.444. The van der Waals surface area contributed by atoms with Crippen LogP contribution in [-0.4, -0.2) is 21.9 Å². The summed E-state index contributed by atoms with van der Waals surface area (Å²) >= 11 is 0. The average molecular weight is 333 g/mol. The number of nitrogens with zero attached hydrogens (tertiary/aromatic N) is 1. The van der Waals surface area contributed by atoms with Gasteiger partial charge in [-0.25, -0.2) is 4.57 Å². The Hall–Kier alpha value is -0.720. The molecule has 0 aliphatic rings. The summed E-state index contributed by atoms with van der Waals surface area (Å²) in [6, 6.07) is 1.39. The van der Waals surface area contributed by atoms with Gasteiger partial charge in [-0.2, -0.15) is 13.2 Å². The van der Waals surface area contributed by atoms with E-state index < -0.39 is 38.6 Å². The predicted octanol–water partition coefficient (Wildman–Crippen LogP) is 0.765. The fourth-order valence-electron chi connectivity index (χ4n) is 1.48. The minimum Gasteiger partial charge on any atom is -0.778 e. The molecule has 1 aromatic rings. The topological polar surface area (TPSA) is 102 Å². The second-order valence-corrected chi connectivity index (χ2v) is 8.94. The highest BCUT2D eigenvalue weighted by Gasteiger charge is 2.38. The maximum atomic E-state index is 12.3. The molecule has 6 nitrogen and oxygen atoms in total. The number of alkyl halides is 3. The van der Waals surface area contributed by atoms with Crippen molar-refractivity contribution in [3.05, 3.63) is 30.1 Å². The molecule has 3 unspecified atom stereocenters. The van der Waals surface area contributed by atoms with Gasteiger partial charge >= 0.3 is 6.18 Å². The molecule has 0 aliphatic carbocycles. The number of hydrogen-bond donors (Lipinski definition) is 2. The molecule has 0 radical (unpaired) electrons. The number of hydrogen-bond acceptors (Lipinski definition) is 3. The molecule has 3 atom stereocenters. The minimum absolute atomic E-state index is 0.625. The van der Waals surface area contributed by atoms with Crippen molar-refractivity contribution >= 4 is 15.0 Å². The van der Waals surface area contributed by atoms with Gasteiger partial charge in [-0.05, 0) is 0 Å². The molecule has 2 N–H and O–H groups in total. The Morgan fingerprint density at radius 1 is 1.30 bits per heavy atom. The zero-order chi connectivity index (χ0) is 15.8. The molecule has 0 saturated heterocycles. The molecule has 0 aromatic carbocycles. The van der Waals surface area contributed by atoms with Crippen molar-refractivity contribution in [3.8, 4) is 0 Å². The highest BCUT2D eigenvalue weighted by molar-refractivity contribution is 7.72. The van der Waals surface area contributed by atoms with Crippen LogP contribution >= 0.6 is 15.0 Å². The summed E-state index contributed by atoms with van der Waals surface area (Å²) in [5.41, 5.74) is -0.941. The minimum atomic E-state index is -5.11. The lowest BCUT2D eigenvalue weighted by Gasteiger charge is -2.26. The van der Waals surface area contributed by atoms with Crippen molar-refractivity contribution in [3.63, 3.8) is 0 Å². The normalized spacial score (nSPS) is 19.9. The first-order valence-corrected chi connectivity index (χ1v) is 9.04. The van der Waals surface area contributed by atoms with Gasteiger partial charge in [-0.15, -0.1) is 0 Å². The molecule has 0 aliphatic heterocycles. The SMILES string of the molecule is CP(=O)(O)C(C[n+]1ccc(C(F)(F)F)cc1)P(=O)([O-])O. The number of halogens is 3. The molecule has 0 amide bonds. The van der Waals surface area contributed by atoms with Crippen LogP contribution in [0, 0.1) is 0 Å². The van der Waals surface area contributed by atoms with Crippen molar-refractivity contribution in [1.82, 2.24) is 0 Å². The summed E-state index contributed by atoms with van der Waals surface area (Å²) in [7, 11) is -9.29. The van der Waals surface area contributed by atoms with Gasteiger partial charge in [0.2, 0.25) is 7.37 Å². The van der Waals surface area contributed by atoms with Gasteiger partial charge < -0.3 is 19.2 Å². The highest BCUT2D eigenvalue weighted by atomic mass is 31.2. The van der Waals surface area contributed by atoms with Crippen molar-refractivity contribution in [1.29, 1.82) is 0 Å². The quantitative estimate of drug-likeness (QED) is 0.626. The van der Waals surface area contributed by atoms with Gasteiger partial charge in [0.05, 0.1) is 5.56 Å². The van der Waals surface area contributed by atoms with Crippen LogP contribution in [0.25, 0.3) is 0 Å². The van der Waals surface area contributed by atoms with E-state index in [-0.39, 0.29) is 0 Å². The smallest absolute Gasteiger partial charge is 0.416 e. The third-order valence-electron chi connectivity index (χ3n) is 2.52. The first kappa shape index (κ1) is 17.3. The van der Waals surface area contributed by atoms with Gasteiger partial charge in [-0.3, -0.25) is 4.57 Å². The number of rotatable bonds is 4. The molecule has 0 bridgehead atoms. The Kier molecular flexibility index (Phi) is 4.83. The standard InChI is InChI=1S/C9H12F3NO5P2/c1-19(14,15)8(20(16,17)18)6-13-4-2-7(3-5-13)9(10,11)12/h2-5,8H,6H2,1H3,(H2-,14,15,16,17,18). The summed E-state index contributed by atoms with van der Waals surface area (Å²) in [5.74, 6) is 0. The lowest BCUT2D eigenvalue weighted by molar-refractivity contribution is -0.695. The Labute approximate surface area is 112 Å². The van der Waals surface area contributed by atoms with Gasteiger partial charge in [0.1, 0.15) is 0 Å². The first-order valence-electron chi connectivity index (χ1n) is 5.21. The molecular formula is C9H12F3NO5P2. The van der Waals surface area contributed by atoms with Crippen LogP contribution in [0.3, 0.4) is 0 Å².